The molecule has 5 nitrogen and oxygen atoms in total. The standard InChI is InChI=1S/C19H32O5S2/c1-18(2,3)25-16(22)10-12-7-8-13(11-15(21)14(20)9-12)24-17(23)26-19(4,5)6/h7-8,12-15,20-21H,9-11H2,1-6H3/b8-7+. The Morgan fingerprint density at radius 1 is 0.962 bits per heavy atom. The Morgan fingerprint density at radius 3 is 2.04 bits per heavy atom. The van der Waals surface area contributed by atoms with Crippen molar-refractivity contribution in [2.75, 3.05) is 0 Å². The number of carbonyl (C=O) groups excluding carboxylic acids is 2. The molecular weight excluding hydrogens is 372 g/mol. The molecule has 0 heterocycles. The largest absolute Gasteiger partial charge is 0.450 e. The lowest BCUT2D eigenvalue weighted by Crippen LogP contribution is -2.34. The quantitative estimate of drug-likeness (QED) is 0.540. The Bertz CT molecular complexity index is 473. The van der Waals surface area contributed by atoms with Gasteiger partial charge in [-0.15, -0.1) is 0 Å². The predicted octanol–water partition coefficient (Wildman–Crippen LogP) is 4.16. The van der Waals surface area contributed by atoms with Gasteiger partial charge in [-0.1, -0.05) is 59.4 Å². The summed E-state index contributed by atoms with van der Waals surface area (Å²) in [6, 6.07) is 0. The topological polar surface area (TPSA) is 83.8 Å². The number of rotatable bonds is 3. The van der Waals surface area contributed by atoms with Crippen molar-refractivity contribution < 1.29 is 24.5 Å². The molecule has 1 aliphatic rings. The highest BCUT2D eigenvalue weighted by atomic mass is 32.2. The zero-order chi connectivity index (χ0) is 20.1. The highest BCUT2D eigenvalue weighted by molar-refractivity contribution is 8.14. The van der Waals surface area contributed by atoms with Crippen molar-refractivity contribution in [2.45, 2.75) is 88.6 Å². The van der Waals surface area contributed by atoms with Gasteiger partial charge in [-0.3, -0.25) is 4.79 Å². The SMILES string of the molecule is CC(C)(C)SC(=O)CC1/C=C/C(OC(=O)SC(C)(C)C)CC(O)C(O)C1. The van der Waals surface area contributed by atoms with Crippen LogP contribution in [0.15, 0.2) is 12.2 Å². The maximum absolute atomic E-state index is 12.2. The smallest absolute Gasteiger partial charge is 0.368 e. The van der Waals surface area contributed by atoms with E-state index in [1.165, 1.54) is 11.8 Å². The van der Waals surface area contributed by atoms with Crippen molar-refractivity contribution >= 4 is 33.9 Å². The fourth-order valence-corrected chi connectivity index (χ4v) is 4.19. The van der Waals surface area contributed by atoms with Crippen molar-refractivity contribution in [1.82, 2.24) is 0 Å². The highest BCUT2D eigenvalue weighted by Crippen LogP contribution is 2.31. The normalized spacial score (nSPS) is 28.8. The highest BCUT2D eigenvalue weighted by Gasteiger charge is 2.29. The van der Waals surface area contributed by atoms with Crippen LogP contribution in [0.25, 0.3) is 0 Å². The van der Waals surface area contributed by atoms with Crippen LogP contribution in [0.5, 0.6) is 0 Å². The molecule has 0 aromatic carbocycles. The van der Waals surface area contributed by atoms with Crippen LogP contribution in [-0.2, 0) is 9.53 Å². The molecule has 0 fully saturated rings. The molecule has 0 saturated carbocycles. The number of hydrogen-bond acceptors (Lipinski definition) is 7. The molecular formula is C19H32O5S2. The van der Waals surface area contributed by atoms with Gasteiger partial charge in [-0.2, -0.15) is 0 Å². The Hall–Kier alpha value is -0.500. The molecule has 0 aromatic heterocycles. The zero-order valence-corrected chi connectivity index (χ0v) is 18.2. The van der Waals surface area contributed by atoms with Gasteiger partial charge in [-0.05, 0) is 30.2 Å². The first-order valence-corrected chi connectivity index (χ1v) is 10.5. The van der Waals surface area contributed by atoms with Crippen molar-refractivity contribution in [3.8, 4) is 0 Å². The molecule has 0 spiro atoms. The number of carbonyl (C=O) groups is 2. The Labute approximate surface area is 165 Å². The number of aliphatic hydroxyl groups excluding tert-OH is 2. The van der Waals surface area contributed by atoms with Crippen LogP contribution in [0.4, 0.5) is 4.79 Å². The molecule has 1 aliphatic carbocycles. The lowest BCUT2D eigenvalue weighted by molar-refractivity contribution is -0.112. The summed E-state index contributed by atoms with van der Waals surface area (Å²) < 4.78 is 5.00. The Balaban J connectivity index is 2.77. The molecule has 0 amide bonds. The summed E-state index contributed by atoms with van der Waals surface area (Å²) in [4.78, 5) is 24.3. The summed E-state index contributed by atoms with van der Waals surface area (Å²) in [5, 5.41) is 20.0. The van der Waals surface area contributed by atoms with Gasteiger partial charge in [0.1, 0.15) is 6.10 Å². The second-order valence-corrected chi connectivity index (χ2v) is 12.3. The molecule has 4 unspecified atom stereocenters. The van der Waals surface area contributed by atoms with Crippen molar-refractivity contribution in [1.29, 1.82) is 0 Å². The van der Waals surface area contributed by atoms with Crippen molar-refractivity contribution in [2.24, 2.45) is 5.92 Å². The van der Waals surface area contributed by atoms with Gasteiger partial charge < -0.3 is 14.9 Å². The number of thioether (sulfide) groups is 2. The number of allylic oxidation sites excluding steroid dienone is 1. The fraction of sp³-hybridized carbons (Fsp3) is 0.789. The van der Waals surface area contributed by atoms with Crippen LogP contribution in [-0.4, -0.2) is 48.4 Å². The minimum atomic E-state index is -0.995. The maximum Gasteiger partial charge on any atom is 0.368 e. The van der Waals surface area contributed by atoms with E-state index < -0.39 is 23.6 Å². The lowest BCUT2D eigenvalue weighted by Gasteiger charge is -2.28. The fourth-order valence-electron chi connectivity index (χ4n) is 2.53. The third kappa shape index (κ3) is 10.00. The summed E-state index contributed by atoms with van der Waals surface area (Å²) >= 11 is 2.36. The monoisotopic (exact) mass is 404 g/mol. The van der Waals surface area contributed by atoms with Gasteiger partial charge in [0.2, 0.25) is 0 Å². The number of aliphatic hydroxyl groups is 2. The molecule has 7 heteroatoms. The van der Waals surface area contributed by atoms with Crippen LogP contribution in [0.1, 0.15) is 60.8 Å². The van der Waals surface area contributed by atoms with Gasteiger partial charge in [0, 0.05) is 22.3 Å². The summed E-state index contributed by atoms with van der Waals surface area (Å²) in [6.07, 6.45) is 1.73. The van der Waals surface area contributed by atoms with E-state index in [9.17, 15) is 19.8 Å². The molecule has 150 valence electrons. The Kier molecular flexibility index (Phi) is 8.71. The summed E-state index contributed by atoms with van der Waals surface area (Å²) in [5.74, 6) is -0.196. The third-order valence-corrected chi connectivity index (χ3v) is 5.43. The zero-order valence-electron chi connectivity index (χ0n) is 16.5. The van der Waals surface area contributed by atoms with E-state index in [-0.39, 0.29) is 33.4 Å². The van der Waals surface area contributed by atoms with Crippen LogP contribution in [0.3, 0.4) is 0 Å². The summed E-state index contributed by atoms with van der Waals surface area (Å²) in [6.45, 7) is 11.7. The van der Waals surface area contributed by atoms with E-state index in [0.29, 0.717) is 6.42 Å². The van der Waals surface area contributed by atoms with Gasteiger partial charge in [-0.25, -0.2) is 4.79 Å². The third-order valence-electron chi connectivity index (χ3n) is 3.55. The molecule has 4 atom stereocenters. The second-order valence-electron chi connectivity index (χ2n) is 8.66. The number of hydrogen-bond donors (Lipinski definition) is 2. The summed E-state index contributed by atoms with van der Waals surface area (Å²) in [7, 11) is 0. The first-order chi connectivity index (χ1) is 11.7. The first-order valence-electron chi connectivity index (χ1n) is 8.91. The number of ether oxygens (including phenoxy) is 1. The van der Waals surface area contributed by atoms with E-state index in [1.807, 2.05) is 47.6 Å². The van der Waals surface area contributed by atoms with E-state index in [1.54, 1.807) is 6.08 Å². The summed E-state index contributed by atoms with van der Waals surface area (Å²) in [5.41, 5.74) is 0. The van der Waals surface area contributed by atoms with Gasteiger partial charge >= 0.3 is 5.30 Å². The second kappa shape index (κ2) is 9.62. The molecule has 1 rings (SSSR count). The van der Waals surface area contributed by atoms with E-state index in [4.69, 9.17) is 4.74 Å². The molecule has 0 radical (unpaired) electrons. The minimum Gasteiger partial charge on any atom is -0.450 e. The van der Waals surface area contributed by atoms with E-state index >= 15 is 0 Å². The first kappa shape index (κ1) is 23.5. The predicted molar refractivity (Wildman–Crippen MR) is 108 cm³/mol. The van der Waals surface area contributed by atoms with Crippen LogP contribution in [0, 0.1) is 5.92 Å². The molecule has 0 bridgehead atoms. The van der Waals surface area contributed by atoms with Gasteiger partial charge in [0.25, 0.3) is 0 Å². The Morgan fingerprint density at radius 2 is 1.50 bits per heavy atom. The van der Waals surface area contributed by atoms with Crippen molar-refractivity contribution in [3.05, 3.63) is 12.2 Å². The van der Waals surface area contributed by atoms with Crippen LogP contribution >= 0.6 is 23.5 Å². The average molecular weight is 405 g/mol. The minimum absolute atomic E-state index is 0.0475. The van der Waals surface area contributed by atoms with E-state index in [2.05, 4.69) is 0 Å². The molecule has 0 aliphatic heterocycles. The van der Waals surface area contributed by atoms with Gasteiger partial charge in [0.15, 0.2) is 5.12 Å². The molecule has 2 N–H and O–H groups in total. The maximum atomic E-state index is 12.2. The van der Waals surface area contributed by atoms with Gasteiger partial charge in [0.05, 0.1) is 12.2 Å². The van der Waals surface area contributed by atoms with Crippen molar-refractivity contribution in [3.63, 3.8) is 0 Å². The molecule has 0 saturated heterocycles. The van der Waals surface area contributed by atoms with Crippen LogP contribution in [0.2, 0.25) is 0 Å². The molecule has 0 aromatic rings. The van der Waals surface area contributed by atoms with Crippen LogP contribution < -0.4 is 0 Å². The van der Waals surface area contributed by atoms with E-state index in [0.717, 1.165) is 11.8 Å². The lowest BCUT2D eigenvalue weighted by atomic mass is 9.90. The molecule has 26 heavy (non-hydrogen) atoms. The average Bonchev–Trinajstić information content (AvgIpc) is 2.38.